The summed E-state index contributed by atoms with van der Waals surface area (Å²) in [4.78, 5) is 30.9. The van der Waals surface area contributed by atoms with Crippen LogP contribution in [0.25, 0.3) is 6.08 Å². The number of ketones is 1. The van der Waals surface area contributed by atoms with Crippen LogP contribution in [0.5, 0.6) is 11.5 Å². The molecule has 8 heteroatoms. The van der Waals surface area contributed by atoms with Gasteiger partial charge in [-0.3, -0.25) is 14.5 Å². The Hall–Kier alpha value is -4.40. The first-order valence-corrected chi connectivity index (χ1v) is 14.8. The zero-order valence-electron chi connectivity index (χ0n) is 24.5. The summed E-state index contributed by atoms with van der Waals surface area (Å²) in [6.07, 6.45) is 3.80. The lowest BCUT2D eigenvalue weighted by atomic mass is 9.95. The molecule has 1 saturated heterocycles. The van der Waals surface area contributed by atoms with Crippen LogP contribution in [0.3, 0.4) is 0 Å². The van der Waals surface area contributed by atoms with Crippen LogP contribution in [0.1, 0.15) is 36.1 Å². The second-order valence-electron chi connectivity index (χ2n) is 10.5. The third-order valence-electron chi connectivity index (χ3n) is 7.59. The monoisotopic (exact) mass is 582 g/mol. The van der Waals surface area contributed by atoms with Crippen molar-refractivity contribution in [3.05, 3.63) is 113 Å². The van der Waals surface area contributed by atoms with Gasteiger partial charge in [0, 0.05) is 26.2 Å². The Bertz CT molecular complexity index is 1450. The molecule has 1 atom stereocenters. The summed E-state index contributed by atoms with van der Waals surface area (Å²) in [5.41, 5.74) is 2.59. The molecular formula is C35H38N2O6. The van der Waals surface area contributed by atoms with Crippen molar-refractivity contribution >= 4 is 17.8 Å². The maximum absolute atomic E-state index is 13.6. The minimum Gasteiger partial charge on any atom is -0.503 e. The van der Waals surface area contributed by atoms with Crippen LogP contribution >= 0.6 is 0 Å². The van der Waals surface area contributed by atoms with Gasteiger partial charge in [0.1, 0.15) is 6.61 Å². The van der Waals surface area contributed by atoms with Crippen LogP contribution in [0.15, 0.2) is 96.3 Å². The van der Waals surface area contributed by atoms with Crippen molar-refractivity contribution in [1.82, 2.24) is 9.80 Å². The van der Waals surface area contributed by atoms with Gasteiger partial charge in [0.15, 0.2) is 23.0 Å². The average molecular weight is 583 g/mol. The topological polar surface area (TPSA) is 88.5 Å². The van der Waals surface area contributed by atoms with Crippen LogP contribution in [-0.2, 0) is 20.9 Å². The van der Waals surface area contributed by atoms with E-state index in [1.807, 2.05) is 79.7 Å². The minimum atomic E-state index is -0.771. The number of aliphatic hydroxyl groups excluding tert-OH is 1. The molecule has 2 heterocycles. The fourth-order valence-corrected chi connectivity index (χ4v) is 5.42. The first-order chi connectivity index (χ1) is 21.0. The summed E-state index contributed by atoms with van der Waals surface area (Å²) in [5, 5.41) is 11.1. The highest BCUT2D eigenvalue weighted by molar-refractivity contribution is 6.14. The molecule has 0 aliphatic carbocycles. The molecule has 1 unspecified atom stereocenters. The second kappa shape index (κ2) is 14.7. The maximum atomic E-state index is 13.6. The first kappa shape index (κ1) is 30.1. The van der Waals surface area contributed by atoms with Gasteiger partial charge in [0.2, 0.25) is 0 Å². The number of hydrogen-bond acceptors (Lipinski definition) is 7. The highest BCUT2D eigenvalue weighted by Gasteiger charge is 2.43. The standard InChI is InChI=1S/C35H38N2O6/c1-2-42-31-24-28(15-17-30(31)43-25-27-12-7-4-8-13-27)33-32(29(38)16-14-26-10-5-3-6-11-26)34(39)35(40)37(33)19-9-18-36-20-22-41-23-21-36/h3-8,10-17,24,33,39H,2,9,18-23,25H2,1H3/b16-14+. The number of allylic oxidation sites excluding steroid dienone is 1. The van der Waals surface area contributed by atoms with E-state index in [2.05, 4.69) is 4.90 Å². The Morgan fingerprint density at radius 3 is 2.40 bits per heavy atom. The van der Waals surface area contributed by atoms with Crippen LogP contribution in [0.2, 0.25) is 0 Å². The Morgan fingerprint density at radius 1 is 0.953 bits per heavy atom. The minimum absolute atomic E-state index is 0.0592. The Morgan fingerprint density at radius 2 is 1.67 bits per heavy atom. The SMILES string of the molecule is CCOc1cc(C2C(C(=O)/C=C/c3ccccc3)=C(O)C(=O)N2CCCN2CCOCC2)ccc1OCc1ccccc1. The van der Waals surface area contributed by atoms with Crippen molar-refractivity contribution in [2.75, 3.05) is 46.0 Å². The van der Waals surface area contributed by atoms with Gasteiger partial charge in [0.25, 0.3) is 5.91 Å². The van der Waals surface area contributed by atoms with Crippen LogP contribution in [-0.4, -0.2) is 72.6 Å². The number of aliphatic hydroxyl groups is 1. The molecule has 1 amide bonds. The van der Waals surface area contributed by atoms with E-state index in [4.69, 9.17) is 14.2 Å². The van der Waals surface area contributed by atoms with Crippen LogP contribution in [0, 0.1) is 0 Å². The molecule has 0 radical (unpaired) electrons. The second-order valence-corrected chi connectivity index (χ2v) is 10.5. The Kier molecular flexibility index (Phi) is 10.3. The summed E-state index contributed by atoms with van der Waals surface area (Å²) in [5.74, 6) is -0.414. The van der Waals surface area contributed by atoms with E-state index in [-0.39, 0.29) is 5.57 Å². The summed E-state index contributed by atoms with van der Waals surface area (Å²) in [6, 6.07) is 24.0. The molecule has 0 saturated carbocycles. The summed E-state index contributed by atoms with van der Waals surface area (Å²) in [6.45, 7) is 6.90. The van der Waals surface area contributed by atoms with Gasteiger partial charge in [0.05, 0.1) is 31.4 Å². The molecule has 1 fully saturated rings. The van der Waals surface area contributed by atoms with E-state index in [0.717, 1.165) is 30.8 Å². The fraction of sp³-hybridized carbons (Fsp3) is 0.314. The van der Waals surface area contributed by atoms with Gasteiger partial charge < -0.3 is 24.2 Å². The van der Waals surface area contributed by atoms with Gasteiger partial charge in [-0.25, -0.2) is 0 Å². The number of amides is 1. The third kappa shape index (κ3) is 7.52. The molecule has 3 aromatic rings. The Labute approximate surface area is 252 Å². The quantitative estimate of drug-likeness (QED) is 0.271. The smallest absolute Gasteiger partial charge is 0.290 e. The number of benzene rings is 3. The van der Waals surface area contributed by atoms with Gasteiger partial charge in [-0.15, -0.1) is 0 Å². The van der Waals surface area contributed by atoms with Crippen LogP contribution in [0.4, 0.5) is 0 Å². The van der Waals surface area contributed by atoms with Crippen molar-refractivity contribution < 1.29 is 28.9 Å². The molecule has 8 nitrogen and oxygen atoms in total. The molecule has 0 aromatic heterocycles. The van der Waals surface area contributed by atoms with Crippen molar-refractivity contribution in [3.8, 4) is 11.5 Å². The molecule has 0 spiro atoms. The molecule has 224 valence electrons. The van der Waals surface area contributed by atoms with Gasteiger partial charge in [-0.05, 0) is 48.2 Å². The van der Waals surface area contributed by atoms with Crippen molar-refractivity contribution in [1.29, 1.82) is 0 Å². The van der Waals surface area contributed by atoms with Gasteiger partial charge in [-0.1, -0.05) is 72.8 Å². The maximum Gasteiger partial charge on any atom is 0.290 e. The lowest BCUT2D eigenvalue weighted by molar-refractivity contribution is -0.129. The van der Waals surface area contributed by atoms with E-state index in [9.17, 15) is 14.7 Å². The number of carbonyl (C=O) groups excluding carboxylic acids is 2. The molecule has 43 heavy (non-hydrogen) atoms. The lowest BCUT2D eigenvalue weighted by Crippen LogP contribution is -2.39. The molecule has 5 rings (SSSR count). The Balaban J connectivity index is 1.43. The van der Waals surface area contributed by atoms with Gasteiger partial charge >= 0.3 is 0 Å². The zero-order chi connectivity index (χ0) is 30.0. The number of nitrogens with zero attached hydrogens (tertiary/aromatic N) is 2. The molecule has 2 aliphatic rings. The highest BCUT2D eigenvalue weighted by atomic mass is 16.5. The number of rotatable bonds is 13. The predicted octanol–water partition coefficient (Wildman–Crippen LogP) is 5.36. The van der Waals surface area contributed by atoms with Crippen molar-refractivity contribution in [2.24, 2.45) is 0 Å². The predicted molar refractivity (Wildman–Crippen MR) is 165 cm³/mol. The van der Waals surface area contributed by atoms with Gasteiger partial charge in [-0.2, -0.15) is 0 Å². The summed E-state index contributed by atoms with van der Waals surface area (Å²) in [7, 11) is 0. The van der Waals surface area contributed by atoms with Crippen molar-refractivity contribution in [3.63, 3.8) is 0 Å². The van der Waals surface area contributed by atoms with E-state index in [1.165, 1.54) is 6.08 Å². The zero-order valence-corrected chi connectivity index (χ0v) is 24.5. The summed E-state index contributed by atoms with van der Waals surface area (Å²) < 4.78 is 17.5. The average Bonchev–Trinajstić information content (AvgIpc) is 3.30. The first-order valence-electron chi connectivity index (χ1n) is 14.8. The number of hydrogen-bond donors (Lipinski definition) is 1. The largest absolute Gasteiger partial charge is 0.503 e. The third-order valence-corrected chi connectivity index (χ3v) is 7.59. The van der Waals surface area contributed by atoms with E-state index in [1.54, 1.807) is 17.0 Å². The van der Waals surface area contributed by atoms with E-state index >= 15 is 0 Å². The number of carbonyl (C=O) groups is 2. The van der Waals surface area contributed by atoms with Crippen molar-refractivity contribution in [2.45, 2.75) is 26.0 Å². The molecule has 1 N–H and O–H groups in total. The highest BCUT2D eigenvalue weighted by Crippen LogP contribution is 2.41. The number of morpholine rings is 1. The molecular weight excluding hydrogens is 544 g/mol. The van der Waals surface area contributed by atoms with E-state index in [0.29, 0.717) is 56.5 Å². The number of ether oxygens (including phenoxy) is 3. The molecule has 2 aliphatic heterocycles. The van der Waals surface area contributed by atoms with Crippen LogP contribution < -0.4 is 9.47 Å². The molecule has 3 aromatic carbocycles. The normalized spacial score (nSPS) is 17.6. The fourth-order valence-electron chi connectivity index (χ4n) is 5.42. The molecule has 0 bridgehead atoms. The summed E-state index contributed by atoms with van der Waals surface area (Å²) >= 11 is 0. The lowest BCUT2D eigenvalue weighted by Gasteiger charge is -2.30. The van der Waals surface area contributed by atoms with E-state index < -0.39 is 23.5 Å².